The molecule has 0 unspecified atom stereocenters. The van der Waals surface area contributed by atoms with Crippen molar-refractivity contribution < 1.29 is 0 Å². The molecule has 0 heterocycles. The molecule has 12 heavy (non-hydrogen) atoms. The second-order valence-corrected chi connectivity index (χ2v) is 5.07. The van der Waals surface area contributed by atoms with Crippen LogP contribution in [0.1, 0.15) is 66.7 Å². The second kappa shape index (κ2) is 5.61. The van der Waals surface area contributed by atoms with Gasteiger partial charge in [0.05, 0.1) is 0 Å². The average molecular weight is 170 g/mol. The molecule has 74 valence electrons. The van der Waals surface area contributed by atoms with Gasteiger partial charge in [-0.15, -0.1) is 0 Å². The topological polar surface area (TPSA) is 0 Å². The second-order valence-electron chi connectivity index (χ2n) is 5.07. The van der Waals surface area contributed by atoms with Crippen LogP contribution in [0.15, 0.2) is 0 Å². The molecule has 0 radical (unpaired) electrons. The van der Waals surface area contributed by atoms with Gasteiger partial charge in [0.1, 0.15) is 0 Å². The standard InChI is InChI=1S/C9H18.C3H8/c1-8-5-4-6-9(2,3)7-8;1-3-2/h8H,4-7H2,1-3H3;3H2,1-2H3/t8-;/m1./s1. The van der Waals surface area contributed by atoms with Crippen LogP contribution in [0.3, 0.4) is 0 Å². The summed E-state index contributed by atoms with van der Waals surface area (Å²) in [5, 5.41) is 0. The molecule has 0 aromatic carbocycles. The summed E-state index contributed by atoms with van der Waals surface area (Å²) in [6, 6.07) is 0. The van der Waals surface area contributed by atoms with Crippen molar-refractivity contribution in [3.8, 4) is 0 Å². The third kappa shape index (κ3) is 5.62. The van der Waals surface area contributed by atoms with E-state index in [0.29, 0.717) is 5.41 Å². The van der Waals surface area contributed by atoms with E-state index in [1.54, 1.807) is 0 Å². The molecule has 0 aromatic rings. The van der Waals surface area contributed by atoms with Crippen LogP contribution < -0.4 is 0 Å². The fourth-order valence-electron chi connectivity index (χ4n) is 2.08. The van der Waals surface area contributed by atoms with Crippen molar-refractivity contribution in [1.29, 1.82) is 0 Å². The summed E-state index contributed by atoms with van der Waals surface area (Å²) in [6.07, 6.45) is 7.04. The monoisotopic (exact) mass is 170 g/mol. The number of hydrogen-bond acceptors (Lipinski definition) is 0. The van der Waals surface area contributed by atoms with Gasteiger partial charge in [-0.3, -0.25) is 0 Å². The maximum absolute atomic E-state index is 2.39. The molecule has 0 saturated heterocycles. The molecule has 0 aliphatic heterocycles. The molecule has 1 atom stereocenters. The van der Waals surface area contributed by atoms with Gasteiger partial charge in [-0.05, 0) is 24.2 Å². The van der Waals surface area contributed by atoms with Crippen LogP contribution >= 0.6 is 0 Å². The Bertz CT molecular complexity index is 103. The Morgan fingerprint density at radius 1 is 1.25 bits per heavy atom. The zero-order chi connectivity index (χ0) is 9.61. The van der Waals surface area contributed by atoms with Crippen molar-refractivity contribution in [3.63, 3.8) is 0 Å². The van der Waals surface area contributed by atoms with Crippen molar-refractivity contribution in [2.45, 2.75) is 66.7 Å². The van der Waals surface area contributed by atoms with Crippen molar-refractivity contribution >= 4 is 0 Å². The lowest BCUT2D eigenvalue weighted by Gasteiger charge is -2.33. The Hall–Kier alpha value is 0. The molecule has 0 amide bonds. The highest BCUT2D eigenvalue weighted by Gasteiger charge is 2.24. The number of rotatable bonds is 0. The molecule has 0 heteroatoms. The van der Waals surface area contributed by atoms with Gasteiger partial charge < -0.3 is 0 Å². The van der Waals surface area contributed by atoms with E-state index in [1.807, 2.05) is 0 Å². The first-order chi connectivity index (χ1) is 5.52. The van der Waals surface area contributed by atoms with E-state index in [2.05, 4.69) is 34.6 Å². The molecule has 1 saturated carbocycles. The Balaban J connectivity index is 0.000000354. The largest absolute Gasteiger partial charge is 0.0656 e. The molecule has 1 fully saturated rings. The number of hydrogen-bond donors (Lipinski definition) is 0. The predicted molar refractivity (Wildman–Crippen MR) is 57.4 cm³/mol. The first kappa shape index (κ1) is 12.0. The van der Waals surface area contributed by atoms with Gasteiger partial charge in [0.25, 0.3) is 0 Å². The van der Waals surface area contributed by atoms with Crippen LogP contribution in [0, 0.1) is 11.3 Å². The van der Waals surface area contributed by atoms with Crippen LogP contribution in [0.5, 0.6) is 0 Å². The lowest BCUT2D eigenvalue weighted by atomic mass is 9.73. The highest BCUT2D eigenvalue weighted by Crippen LogP contribution is 2.37. The summed E-state index contributed by atoms with van der Waals surface area (Å²) < 4.78 is 0. The average Bonchev–Trinajstić information content (AvgIpc) is 1.85. The van der Waals surface area contributed by atoms with Crippen LogP contribution in [0.2, 0.25) is 0 Å². The Morgan fingerprint density at radius 2 is 1.75 bits per heavy atom. The summed E-state index contributed by atoms with van der Waals surface area (Å²) in [5.41, 5.74) is 0.650. The Kier molecular flexibility index (Phi) is 5.61. The van der Waals surface area contributed by atoms with Gasteiger partial charge in [-0.25, -0.2) is 0 Å². The van der Waals surface area contributed by atoms with E-state index < -0.39 is 0 Å². The molecule has 1 aliphatic carbocycles. The molecule has 1 rings (SSSR count). The first-order valence-electron chi connectivity index (χ1n) is 5.52. The molecule has 0 spiro atoms. The van der Waals surface area contributed by atoms with Crippen molar-refractivity contribution in [2.24, 2.45) is 11.3 Å². The van der Waals surface area contributed by atoms with Gasteiger partial charge in [0, 0.05) is 0 Å². The lowest BCUT2D eigenvalue weighted by molar-refractivity contribution is 0.191. The molecular weight excluding hydrogens is 144 g/mol. The summed E-state index contributed by atoms with van der Waals surface area (Å²) in [4.78, 5) is 0. The van der Waals surface area contributed by atoms with Gasteiger partial charge in [0.15, 0.2) is 0 Å². The minimum absolute atomic E-state index is 0.650. The minimum atomic E-state index is 0.650. The van der Waals surface area contributed by atoms with Crippen LogP contribution in [0.25, 0.3) is 0 Å². The van der Waals surface area contributed by atoms with Gasteiger partial charge in [0.2, 0.25) is 0 Å². The Labute approximate surface area is 78.8 Å². The highest BCUT2D eigenvalue weighted by atomic mass is 14.3. The fraction of sp³-hybridized carbons (Fsp3) is 1.00. The predicted octanol–water partition coefficient (Wildman–Crippen LogP) is 4.64. The van der Waals surface area contributed by atoms with E-state index in [4.69, 9.17) is 0 Å². The molecule has 1 aliphatic rings. The molecule has 0 bridgehead atoms. The minimum Gasteiger partial charge on any atom is -0.0656 e. The smallest absolute Gasteiger partial charge is 0.0352 e. The quantitative estimate of drug-likeness (QED) is 0.497. The lowest BCUT2D eigenvalue weighted by Crippen LogP contribution is -2.20. The Morgan fingerprint density at radius 3 is 2.00 bits per heavy atom. The summed E-state index contributed by atoms with van der Waals surface area (Å²) in [6.45, 7) is 11.4. The van der Waals surface area contributed by atoms with Gasteiger partial charge >= 0.3 is 0 Å². The van der Waals surface area contributed by atoms with Crippen LogP contribution in [-0.2, 0) is 0 Å². The van der Waals surface area contributed by atoms with E-state index in [1.165, 1.54) is 32.1 Å². The third-order valence-electron chi connectivity index (χ3n) is 2.45. The van der Waals surface area contributed by atoms with E-state index in [9.17, 15) is 0 Å². The molecule has 0 nitrogen and oxygen atoms in total. The maximum Gasteiger partial charge on any atom is -0.0352 e. The molecular formula is C12H26. The fourth-order valence-corrected chi connectivity index (χ4v) is 2.08. The maximum atomic E-state index is 2.39. The van der Waals surface area contributed by atoms with Crippen molar-refractivity contribution in [3.05, 3.63) is 0 Å². The SMILES string of the molecule is CCC.C[C@@H]1CCCC(C)(C)C1. The zero-order valence-corrected chi connectivity index (χ0v) is 9.61. The summed E-state index contributed by atoms with van der Waals surface area (Å²) >= 11 is 0. The van der Waals surface area contributed by atoms with Gasteiger partial charge in [-0.2, -0.15) is 0 Å². The normalized spacial score (nSPS) is 27.2. The van der Waals surface area contributed by atoms with E-state index in [-0.39, 0.29) is 0 Å². The van der Waals surface area contributed by atoms with E-state index in [0.717, 1.165) is 5.92 Å². The zero-order valence-electron chi connectivity index (χ0n) is 9.61. The summed E-state index contributed by atoms with van der Waals surface area (Å²) in [5.74, 6) is 0.980. The molecule has 0 aromatic heterocycles. The first-order valence-corrected chi connectivity index (χ1v) is 5.52. The molecule has 0 N–H and O–H groups in total. The van der Waals surface area contributed by atoms with Crippen molar-refractivity contribution in [1.82, 2.24) is 0 Å². The summed E-state index contributed by atoms with van der Waals surface area (Å²) in [7, 11) is 0. The van der Waals surface area contributed by atoms with Gasteiger partial charge in [-0.1, -0.05) is 53.9 Å². The highest BCUT2D eigenvalue weighted by molar-refractivity contribution is 4.76. The van der Waals surface area contributed by atoms with E-state index >= 15 is 0 Å². The van der Waals surface area contributed by atoms with Crippen LogP contribution in [-0.4, -0.2) is 0 Å². The van der Waals surface area contributed by atoms with Crippen LogP contribution in [0.4, 0.5) is 0 Å². The third-order valence-corrected chi connectivity index (χ3v) is 2.45. The van der Waals surface area contributed by atoms with Crippen molar-refractivity contribution in [2.75, 3.05) is 0 Å².